The second-order valence-corrected chi connectivity index (χ2v) is 4.54. The van der Waals surface area contributed by atoms with E-state index in [-0.39, 0.29) is 17.0 Å². The highest BCUT2D eigenvalue weighted by Gasteiger charge is 2.10. The van der Waals surface area contributed by atoms with Gasteiger partial charge >= 0.3 is 0 Å². The highest BCUT2D eigenvalue weighted by molar-refractivity contribution is 5.96. The van der Waals surface area contributed by atoms with E-state index >= 15 is 0 Å². The Kier molecular flexibility index (Phi) is 3.84. The van der Waals surface area contributed by atoms with Gasteiger partial charge in [-0.1, -0.05) is 11.2 Å². The van der Waals surface area contributed by atoms with Crippen molar-refractivity contribution in [3.8, 4) is 0 Å². The van der Waals surface area contributed by atoms with Crippen LogP contribution in [0.4, 0.5) is 0 Å². The van der Waals surface area contributed by atoms with Crippen LogP contribution < -0.4 is 11.3 Å². The summed E-state index contributed by atoms with van der Waals surface area (Å²) in [5.74, 6) is -0.194. The predicted molar refractivity (Wildman–Crippen MR) is 76.0 cm³/mol. The van der Waals surface area contributed by atoms with Crippen LogP contribution in [0.2, 0.25) is 0 Å². The van der Waals surface area contributed by atoms with Crippen molar-refractivity contribution in [1.82, 2.24) is 9.55 Å². The summed E-state index contributed by atoms with van der Waals surface area (Å²) < 4.78 is 1.55. The number of hydrogen-bond donors (Lipinski definition) is 2. The largest absolute Gasteiger partial charge is 0.409 e. The predicted octanol–water partition coefficient (Wildman–Crippen LogP) is 1.00. The summed E-state index contributed by atoms with van der Waals surface area (Å²) in [6.45, 7) is 4.07. The van der Waals surface area contributed by atoms with Gasteiger partial charge in [0.2, 0.25) is 0 Å². The molecule has 0 aliphatic rings. The van der Waals surface area contributed by atoms with Crippen LogP contribution >= 0.6 is 0 Å². The molecule has 2 aromatic rings. The summed E-state index contributed by atoms with van der Waals surface area (Å²) in [7, 11) is 0. The number of rotatable bonds is 3. The van der Waals surface area contributed by atoms with Gasteiger partial charge in [-0.15, -0.1) is 0 Å². The lowest BCUT2D eigenvalue weighted by atomic mass is 10.2. The Balaban J connectivity index is 2.49. The molecule has 0 bridgehead atoms. The maximum Gasteiger partial charge on any atom is 0.262 e. The van der Waals surface area contributed by atoms with Crippen molar-refractivity contribution in [3.05, 3.63) is 63.3 Å². The lowest BCUT2D eigenvalue weighted by molar-refractivity contribution is 0.318. The smallest absolute Gasteiger partial charge is 0.262 e. The molecular weight excluding hydrogens is 256 g/mol. The molecule has 0 saturated heterocycles. The first-order chi connectivity index (χ1) is 9.52. The minimum Gasteiger partial charge on any atom is -0.409 e. The van der Waals surface area contributed by atoms with E-state index in [4.69, 9.17) is 10.9 Å². The molecule has 0 unspecified atom stereocenters. The maximum absolute atomic E-state index is 12.3. The number of aryl methyl sites for hydroxylation is 2. The molecule has 0 saturated carbocycles. The van der Waals surface area contributed by atoms with Gasteiger partial charge in [-0.25, -0.2) is 0 Å². The van der Waals surface area contributed by atoms with Crippen LogP contribution in [0.15, 0.2) is 40.3 Å². The lowest BCUT2D eigenvalue weighted by Gasteiger charge is -2.11. The lowest BCUT2D eigenvalue weighted by Crippen LogP contribution is -2.31. The molecule has 104 valence electrons. The Bertz CT molecular complexity index is 719. The van der Waals surface area contributed by atoms with Gasteiger partial charge in [-0.05, 0) is 38.1 Å². The van der Waals surface area contributed by atoms with E-state index < -0.39 is 0 Å². The zero-order valence-electron chi connectivity index (χ0n) is 11.4. The number of aromatic nitrogens is 2. The third kappa shape index (κ3) is 2.69. The third-order valence-electron chi connectivity index (χ3n) is 3.04. The number of nitrogens with zero attached hydrogens (tertiary/aromatic N) is 3. The summed E-state index contributed by atoms with van der Waals surface area (Å²) >= 11 is 0. The molecule has 6 heteroatoms. The number of nitrogens with two attached hydrogens (primary N) is 1. The van der Waals surface area contributed by atoms with Gasteiger partial charge in [0.25, 0.3) is 5.56 Å². The van der Waals surface area contributed by atoms with E-state index in [1.165, 1.54) is 0 Å². The second-order valence-electron chi connectivity index (χ2n) is 4.54. The Morgan fingerprint density at radius 3 is 2.75 bits per heavy atom. The van der Waals surface area contributed by atoms with Crippen molar-refractivity contribution >= 4 is 5.84 Å². The maximum atomic E-state index is 12.3. The molecule has 3 N–H and O–H groups in total. The number of pyridine rings is 2. The topological polar surface area (TPSA) is 93.5 Å². The monoisotopic (exact) mass is 272 g/mol. The fraction of sp³-hybridized carbons (Fsp3) is 0.214. The van der Waals surface area contributed by atoms with E-state index in [9.17, 15) is 4.79 Å². The van der Waals surface area contributed by atoms with Crippen molar-refractivity contribution in [2.24, 2.45) is 10.9 Å². The van der Waals surface area contributed by atoms with Crippen LogP contribution in [-0.2, 0) is 6.54 Å². The summed E-state index contributed by atoms with van der Waals surface area (Å²) in [6, 6.07) is 8.95. The third-order valence-corrected chi connectivity index (χ3v) is 3.04. The van der Waals surface area contributed by atoms with Gasteiger partial charge in [0.15, 0.2) is 5.84 Å². The number of hydrogen-bond acceptors (Lipinski definition) is 4. The van der Waals surface area contributed by atoms with Gasteiger partial charge in [-0.2, -0.15) is 0 Å². The van der Waals surface area contributed by atoms with E-state index in [1.807, 2.05) is 32.0 Å². The van der Waals surface area contributed by atoms with E-state index in [0.717, 1.165) is 17.1 Å². The first kappa shape index (κ1) is 13.8. The van der Waals surface area contributed by atoms with Gasteiger partial charge in [0.05, 0.1) is 17.8 Å². The average molecular weight is 272 g/mol. The quantitative estimate of drug-likeness (QED) is 0.377. The van der Waals surface area contributed by atoms with Gasteiger partial charge in [0, 0.05) is 11.4 Å². The minimum absolute atomic E-state index is 0.172. The fourth-order valence-corrected chi connectivity index (χ4v) is 1.97. The number of amidine groups is 1. The fourth-order valence-electron chi connectivity index (χ4n) is 1.97. The molecule has 0 fully saturated rings. The summed E-state index contributed by atoms with van der Waals surface area (Å²) in [4.78, 5) is 16.7. The molecule has 20 heavy (non-hydrogen) atoms. The molecule has 2 heterocycles. The molecule has 2 rings (SSSR count). The average Bonchev–Trinajstić information content (AvgIpc) is 2.43. The molecule has 0 aliphatic carbocycles. The Labute approximate surface area is 116 Å². The van der Waals surface area contributed by atoms with Crippen molar-refractivity contribution in [2.75, 3.05) is 0 Å². The SMILES string of the molecule is Cc1cccc(Cn2c(C)ccc(/C(N)=N/O)c2=O)n1. The van der Waals surface area contributed by atoms with Crippen molar-refractivity contribution in [1.29, 1.82) is 0 Å². The Morgan fingerprint density at radius 1 is 1.35 bits per heavy atom. The van der Waals surface area contributed by atoms with Gasteiger partial charge in [0.1, 0.15) is 0 Å². The first-order valence-electron chi connectivity index (χ1n) is 6.14. The second kappa shape index (κ2) is 5.56. The highest BCUT2D eigenvalue weighted by Crippen LogP contribution is 2.04. The van der Waals surface area contributed by atoms with E-state index in [1.54, 1.807) is 16.7 Å². The van der Waals surface area contributed by atoms with Crippen LogP contribution in [0.5, 0.6) is 0 Å². The molecule has 6 nitrogen and oxygen atoms in total. The molecule has 0 atom stereocenters. The standard InChI is InChI=1S/C14H16N4O2/c1-9-4-3-5-11(16-9)8-18-10(2)6-7-12(14(18)19)13(15)17-20/h3-7,20H,8H2,1-2H3,(H2,15,17). The van der Waals surface area contributed by atoms with Crippen molar-refractivity contribution < 1.29 is 5.21 Å². The first-order valence-corrected chi connectivity index (χ1v) is 6.14. The minimum atomic E-state index is -0.302. The zero-order chi connectivity index (χ0) is 14.7. The molecule has 0 amide bonds. The molecule has 0 radical (unpaired) electrons. The van der Waals surface area contributed by atoms with E-state index in [2.05, 4.69) is 10.1 Å². The summed E-state index contributed by atoms with van der Waals surface area (Å²) in [5.41, 5.74) is 7.83. The van der Waals surface area contributed by atoms with Crippen LogP contribution in [0.1, 0.15) is 22.6 Å². The van der Waals surface area contributed by atoms with Crippen LogP contribution in [-0.4, -0.2) is 20.6 Å². The van der Waals surface area contributed by atoms with Gasteiger partial charge < -0.3 is 15.5 Å². The van der Waals surface area contributed by atoms with Crippen LogP contribution in [0.3, 0.4) is 0 Å². The number of oxime groups is 1. The van der Waals surface area contributed by atoms with Crippen molar-refractivity contribution in [3.63, 3.8) is 0 Å². The highest BCUT2D eigenvalue weighted by atomic mass is 16.4. The molecule has 0 aromatic carbocycles. The molecular formula is C14H16N4O2. The zero-order valence-corrected chi connectivity index (χ0v) is 11.4. The molecule has 2 aromatic heterocycles. The van der Waals surface area contributed by atoms with E-state index in [0.29, 0.717) is 6.54 Å². The van der Waals surface area contributed by atoms with Gasteiger partial charge in [-0.3, -0.25) is 9.78 Å². The Morgan fingerprint density at radius 2 is 2.10 bits per heavy atom. The van der Waals surface area contributed by atoms with Crippen LogP contribution in [0.25, 0.3) is 0 Å². The summed E-state index contributed by atoms with van der Waals surface area (Å²) in [5, 5.41) is 11.6. The summed E-state index contributed by atoms with van der Waals surface area (Å²) in [6.07, 6.45) is 0. The molecule has 0 spiro atoms. The normalized spacial score (nSPS) is 11.6. The van der Waals surface area contributed by atoms with Crippen LogP contribution in [0, 0.1) is 13.8 Å². The Hall–Kier alpha value is -2.63. The van der Waals surface area contributed by atoms with Crippen molar-refractivity contribution in [2.45, 2.75) is 20.4 Å². The molecule has 0 aliphatic heterocycles.